The second-order valence-electron chi connectivity index (χ2n) is 5.99. The number of nitrogens with zero attached hydrogens (tertiary/aromatic N) is 2. The molecule has 0 saturated heterocycles. The molecule has 0 spiro atoms. The van der Waals surface area contributed by atoms with Gasteiger partial charge in [0.15, 0.2) is 0 Å². The van der Waals surface area contributed by atoms with Crippen molar-refractivity contribution >= 4 is 11.9 Å². The van der Waals surface area contributed by atoms with Crippen molar-refractivity contribution in [3.63, 3.8) is 0 Å². The third-order valence-electron chi connectivity index (χ3n) is 4.00. The van der Waals surface area contributed by atoms with Crippen molar-refractivity contribution in [2.24, 2.45) is 0 Å². The van der Waals surface area contributed by atoms with Crippen LogP contribution in [0.4, 0.5) is 10.3 Å². The Morgan fingerprint density at radius 1 is 1.07 bits per heavy atom. The summed E-state index contributed by atoms with van der Waals surface area (Å²) in [6.07, 6.45) is 1.48. The molecule has 1 aromatic heterocycles. The zero-order chi connectivity index (χ0) is 20.5. The molecule has 0 bridgehead atoms. The van der Waals surface area contributed by atoms with Crippen LogP contribution in [0.3, 0.4) is 0 Å². The van der Waals surface area contributed by atoms with E-state index in [-0.39, 0.29) is 18.1 Å². The van der Waals surface area contributed by atoms with Crippen molar-refractivity contribution in [1.82, 2.24) is 15.3 Å². The van der Waals surface area contributed by atoms with Gasteiger partial charge < -0.3 is 20.1 Å². The third kappa shape index (κ3) is 5.90. The number of aromatic nitrogens is 2. The second-order valence-corrected chi connectivity index (χ2v) is 5.99. The molecule has 0 fully saturated rings. The summed E-state index contributed by atoms with van der Waals surface area (Å²) in [5, 5.41) is 5.65. The lowest BCUT2D eigenvalue weighted by atomic mass is 10.2. The van der Waals surface area contributed by atoms with Crippen LogP contribution in [0.1, 0.15) is 16.1 Å². The van der Waals surface area contributed by atoms with Crippen LogP contribution >= 0.6 is 0 Å². The molecule has 1 amide bonds. The van der Waals surface area contributed by atoms with Gasteiger partial charge in [0.1, 0.15) is 29.6 Å². The van der Waals surface area contributed by atoms with E-state index >= 15 is 0 Å². The highest BCUT2D eigenvalue weighted by molar-refractivity contribution is 5.92. The molecule has 0 unspecified atom stereocenters. The lowest BCUT2D eigenvalue weighted by molar-refractivity contribution is 0.0945. The van der Waals surface area contributed by atoms with E-state index in [2.05, 4.69) is 20.6 Å². The van der Waals surface area contributed by atoms with Crippen LogP contribution in [-0.4, -0.2) is 36.1 Å². The molecule has 0 atom stereocenters. The first-order chi connectivity index (χ1) is 14.2. The molecule has 3 aromatic rings. The van der Waals surface area contributed by atoms with Crippen molar-refractivity contribution < 1.29 is 18.7 Å². The van der Waals surface area contributed by atoms with Gasteiger partial charge in [0, 0.05) is 18.3 Å². The number of carbonyl (C=O) groups is 1. The molecule has 7 nitrogen and oxygen atoms in total. The van der Waals surface area contributed by atoms with Crippen LogP contribution in [0, 0.1) is 5.82 Å². The fraction of sp³-hybridized carbons (Fsp3) is 0.190. The minimum Gasteiger partial charge on any atom is -0.497 e. The van der Waals surface area contributed by atoms with Crippen LogP contribution in [0.25, 0.3) is 0 Å². The van der Waals surface area contributed by atoms with Crippen molar-refractivity contribution in [3.05, 3.63) is 77.9 Å². The van der Waals surface area contributed by atoms with Crippen LogP contribution < -0.4 is 20.1 Å². The molecule has 2 N–H and O–H groups in total. The molecule has 0 aliphatic carbocycles. The first-order valence-electron chi connectivity index (χ1n) is 9.01. The zero-order valence-electron chi connectivity index (χ0n) is 15.9. The van der Waals surface area contributed by atoms with Gasteiger partial charge in [-0.15, -0.1) is 0 Å². The van der Waals surface area contributed by atoms with Gasteiger partial charge >= 0.3 is 0 Å². The van der Waals surface area contributed by atoms with E-state index in [1.807, 2.05) is 24.3 Å². The monoisotopic (exact) mass is 396 g/mol. The predicted octanol–water partition coefficient (Wildman–Crippen LogP) is 3.05. The van der Waals surface area contributed by atoms with Gasteiger partial charge in [0.05, 0.1) is 13.7 Å². The van der Waals surface area contributed by atoms with E-state index in [0.29, 0.717) is 24.7 Å². The lowest BCUT2D eigenvalue weighted by Gasteiger charge is -2.09. The van der Waals surface area contributed by atoms with Gasteiger partial charge in [0.25, 0.3) is 5.91 Å². The molecule has 0 saturated carbocycles. The van der Waals surface area contributed by atoms with E-state index in [0.717, 1.165) is 11.5 Å². The summed E-state index contributed by atoms with van der Waals surface area (Å²) in [7, 11) is 1.61. The molecular formula is C21H21FN4O3. The van der Waals surface area contributed by atoms with Crippen molar-refractivity contribution in [2.75, 3.05) is 25.6 Å². The maximum absolute atomic E-state index is 13.6. The van der Waals surface area contributed by atoms with Crippen LogP contribution in [0.15, 0.2) is 60.8 Å². The normalized spacial score (nSPS) is 10.3. The number of ether oxygens (including phenoxy) is 2. The molecule has 0 radical (unpaired) electrons. The molecule has 0 aliphatic heterocycles. The number of halogens is 1. The lowest BCUT2D eigenvalue weighted by Crippen LogP contribution is -2.25. The number of methoxy groups -OCH3 is 1. The number of hydrogen-bond donors (Lipinski definition) is 2. The summed E-state index contributed by atoms with van der Waals surface area (Å²) in [5.41, 5.74) is 0.596. The first kappa shape index (κ1) is 20.1. The average Bonchev–Trinajstić information content (AvgIpc) is 2.76. The third-order valence-corrected chi connectivity index (χ3v) is 4.00. The van der Waals surface area contributed by atoms with Crippen molar-refractivity contribution in [3.8, 4) is 11.5 Å². The van der Waals surface area contributed by atoms with E-state index in [4.69, 9.17) is 9.47 Å². The van der Waals surface area contributed by atoms with Gasteiger partial charge in [-0.1, -0.05) is 18.2 Å². The Hall–Kier alpha value is -3.68. The summed E-state index contributed by atoms with van der Waals surface area (Å²) in [5.74, 6) is 1.01. The van der Waals surface area contributed by atoms with E-state index in [1.54, 1.807) is 25.3 Å². The van der Waals surface area contributed by atoms with Gasteiger partial charge in [0.2, 0.25) is 5.95 Å². The average molecular weight is 396 g/mol. The number of carbonyl (C=O) groups excluding carboxylic acids is 1. The van der Waals surface area contributed by atoms with Crippen molar-refractivity contribution in [1.29, 1.82) is 0 Å². The molecule has 1 heterocycles. The van der Waals surface area contributed by atoms with Gasteiger partial charge in [-0.2, -0.15) is 0 Å². The fourth-order valence-electron chi connectivity index (χ4n) is 2.48. The number of rotatable bonds is 9. The maximum atomic E-state index is 13.6. The number of amides is 1. The SMILES string of the molecule is COc1ccc(OCCNc2nccc(C(=O)NCc3ccccc3F)n2)cc1. The number of benzene rings is 2. The Kier molecular flexibility index (Phi) is 6.94. The summed E-state index contributed by atoms with van der Waals surface area (Å²) < 4.78 is 24.3. The highest BCUT2D eigenvalue weighted by Crippen LogP contribution is 2.16. The summed E-state index contributed by atoms with van der Waals surface area (Å²) >= 11 is 0. The Balaban J connectivity index is 1.47. The largest absolute Gasteiger partial charge is 0.497 e. The van der Waals surface area contributed by atoms with Crippen molar-refractivity contribution in [2.45, 2.75) is 6.54 Å². The van der Waals surface area contributed by atoms with Gasteiger partial charge in [-0.3, -0.25) is 4.79 Å². The Morgan fingerprint density at radius 3 is 2.59 bits per heavy atom. The van der Waals surface area contributed by atoms with Gasteiger partial charge in [-0.05, 0) is 36.4 Å². The predicted molar refractivity (Wildman–Crippen MR) is 107 cm³/mol. The maximum Gasteiger partial charge on any atom is 0.270 e. The quantitative estimate of drug-likeness (QED) is 0.541. The standard InChI is InChI=1S/C21H21FN4O3/c1-28-16-6-8-17(9-7-16)29-13-12-24-21-23-11-10-19(26-21)20(27)25-14-15-4-2-3-5-18(15)22/h2-11H,12-14H2,1H3,(H,25,27)(H,23,24,26). The van der Waals surface area contributed by atoms with E-state index < -0.39 is 5.91 Å². The minimum atomic E-state index is -0.409. The molecule has 150 valence electrons. The first-order valence-corrected chi connectivity index (χ1v) is 9.01. The molecule has 3 rings (SSSR count). The smallest absolute Gasteiger partial charge is 0.270 e. The van der Waals surface area contributed by atoms with Crippen LogP contribution in [0.2, 0.25) is 0 Å². The second kappa shape index (κ2) is 10.0. The molecule has 0 aliphatic rings. The topological polar surface area (TPSA) is 85.4 Å². The summed E-state index contributed by atoms with van der Waals surface area (Å²) in [6, 6.07) is 15.0. The molecular weight excluding hydrogens is 375 g/mol. The van der Waals surface area contributed by atoms with Crippen LogP contribution in [-0.2, 0) is 6.54 Å². The number of hydrogen-bond acceptors (Lipinski definition) is 6. The highest BCUT2D eigenvalue weighted by atomic mass is 19.1. The Bertz CT molecular complexity index is 951. The summed E-state index contributed by atoms with van der Waals surface area (Å²) in [4.78, 5) is 20.5. The zero-order valence-corrected chi connectivity index (χ0v) is 15.9. The van der Waals surface area contributed by atoms with Crippen LogP contribution in [0.5, 0.6) is 11.5 Å². The molecule has 29 heavy (non-hydrogen) atoms. The Morgan fingerprint density at radius 2 is 1.83 bits per heavy atom. The minimum absolute atomic E-state index is 0.0774. The molecule has 8 heteroatoms. The number of anilines is 1. The Labute approximate surface area is 167 Å². The van der Waals surface area contributed by atoms with E-state index in [9.17, 15) is 9.18 Å². The molecule has 2 aromatic carbocycles. The highest BCUT2D eigenvalue weighted by Gasteiger charge is 2.10. The number of nitrogens with one attached hydrogen (secondary N) is 2. The summed E-state index contributed by atoms with van der Waals surface area (Å²) in [6.45, 7) is 0.916. The van der Waals surface area contributed by atoms with Gasteiger partial charge in [-0.25, -0.2) is 14.4 Å². The fourth-order valence-corrected chi connectivity index (χ4v) is 2.48. The van der Waals surface area contributed by atoms with E-state index in [1.165, 1.54) is 18.3 Å².